The topological polar surface area (TPSA) is 26.3 Å². The van der Waals surface area contributed by atoms with Crippen molar-refractivity contribution in [3.05, 3.63) is 19.6 Å². The third-order valence-electron chi connectivity index (χ3n) is 0.941. The van der Waals surface area contributed by atoms with Crippen molar-refractivity contribution < 1.29 is 9.53 Å². The molecule has 0 rings (SSSR count). The van der Waals surface area contributed by atoms with Crippen LogP contribution < -0.4 is 0 Å². The molecule has 9 heavy (non-hydrogen) atoms. The molecular formula is C7H11O2. The summed E-state index contributed by atoms with van der Waals surface area (Å²) in [7, 11) is 0. The summed E-state index contributed by atoms with van der Waals surface area (Å²) in [5.74, 6) is 0. The maximum Gasteiger partial charge on any atom is 0.293 e. The molecular weight excluding hydrogens is 116 g/mol. The molecule has 0 spiro atoms. The van der Waals surface area contributed by atoms with Gasteiger partial charge >= 0.3 is 0 Å². The van der Waals surface area contributed by atoms with Gasteiger partial charge in [-0.2, -0.15) is 0 Å². The second kappa shape index (κ2) is 5.35. The lowest BCUT2D eigenvalue weighted by Crippen LogP contribution is -2.05. The molecule has 1 radical (unpaired) electrons. The molecule has 0 N–H and O–H groups in total. The summed E-state index contributed by atoms with van der Waals surface area (Å²) < 4.78 is 4.50. The Morgan fingerprint density at radius 3 is 2.78 bits per heavy atom. The van der Waals surface area contributed by atoms with Gasteiger partial charge in [0, 0.05) is 0 Å². The highest BCUT2D eigenvalue weighted by Gasteiger charge is 1.97. The van der Waals surface area contributed by atoms with E-state index in [2.05, 4.69) is 18.2 Å². The maximum absolute atomic E-state index is 9.69. The van der Waals surface area contributed by atoms with Gasteiger partial charge in [-0.25, -0.2) is 0 Å². The molecule has 0 amide bonds. The van der Waals surface area contributed by atoms with Gasteiger partial charge in [0.1, 0.15) is 6.10 Å². The zero-order chi connectivity index (χ0) is 7.11. The van der Waals surface area contributed by atoms with Crippen LogP contribution in [0.15, 0.2) is 12.7 Å². The smallest absolute Gasteiger partial charge is 0.293 e. The van der Waals surface area contributed by atoms with Gasteiger partial charge in [-0.1, -0.05) is 6.08 Å². The normalized spacial score (nSPS) is 12.1. The predicted molar refractivity (Wildman–Crippen MR) is 35.7 cm³/mol. The number of carbonyl (C=O) groups excluding carboxylic acids is 1. The Labute approximate surface area is 55.5 Å². The number of rotatable bonds is 5. The third kappa shape index (κ3) is 5.07. The van der Waals surface area contributed by atoms with Crippen LogP contribution in [0.1, 0.15) is 12.8 Å². The standard InChI is InChI=1S/C7H11O2/c1-3-4-5-7(2)9-6-8/h3,6-7H,1-2,4-5H2/t7-/m1/s1. The van der Waals surface area contributed by atoms with Crippen molar-refractivity contribution in [3.63, 3.8) is 0 Å². The summed E-state index contributed by atoms with van der Waals surface area (Å²) >= 11 is 0. The van der Waals surface area contributed by atoms with Crippen LogP contribution in [-0.2, 0) is 9.53 Å². The molecule has 0 unspecified atom stereocenters. The van der Waals surface area contributed by atoms with E-state index < -0.39 is 0 Å². The molecule has 0 bridgehead atoms. The fraction of sp³-hybridized carbons (Fsp3) is 0.429. The number of carbonyl (C=O) groups is 1. The quantitative estimate of drug-likeness (QED) is 0.411. The van der Waals surface area contributed by atoms with E-state index in [0.29, 0.717) is 6.47 Å². The van der Waals surface area contributed by atoms with Gasteiger partial charge in [0.15, 0.2) is 0 Å². The fourth-order valence-electron chi connectivity index (χ4n) is 0.450. The lowest BCUT2D eigenvalue weighted by molar-refractivity contribution is -0.131. The van der Waals surface area contributed by atoms with E-state index in [1.54, 1.807) is 6.08 Å². The van der Waals surface area contributed by atoms with E-state index in [0.717, 1.165) is 12.8 Å². The monoisotopic (exact) mass is 127 g/mol. The molecule has 0 saturated carbocycles. The number of hydrogen-bond acceptors (Lipinski definition) is 2. The first-order valence-electron chi connectivity index (χ1n) is 2.84. The van der Waals surface area contributed by atoms with E-state index in [1.807, 2.05) is 0 Å². The van der Waals surface area contributed by atoms with Gasteiger partial charge in [0.05, 0.1) is 0 Å². The van der Waals surface area contributed by atoms with Crippen molar-refractivity contribution in [1.29, 1.82) is 0 Å². The van der Waals surface area contributed by atoms with Crippen LogP contribution in [0.5, 0.6) is 0 Å². The van der Waals surface area contributed by atoms with E-state index >= 15 is 0 Å². The van der Waals surface area contributed by atoms with E-state index in [-0.39, 0.29) is 6.10 Å². The van der Waals surface area contributed by atoms with Crippen molar-refractivity contribution in [1.82, 2.24) is 0 Å². The van der Waals surface area contributed by atoms with Crippen LogP contribution in [-0.4, -0.2) is 12.6 Å². The van der Waals surface area contributed by atoms with Crippen molar-refractivity contribution in [2.24, 2.45) is 0 Å². The molecule has 0 aliphatic rings. The first kappa shape index (κ1) is 8.21. The summed E-state index contributed by atoms with van der Waals surface area (Å²) in [4.78, 5) is 9.69. The van der Waals surface area contributed by atoms with Crippen LogP contribution in [0.4, 0.5) is 0 Å². The van der Waals surface area contributed by atoms with Crippen LogP contribution in [0.2, 0.25) is 0 Å². The molecule has 0 fully saturated rings. The fourth-order valence-corrected chi connectivity index (χ4v) is 0.450. The summed E-state index contributed by atoms with van der Waals surface area (Å²) in [6, 6.07) is 0. The van der Waals surface area contributed by atoms with Crippen molar-refractivity contribution >= 4 is 6.47 Å². The van der Waals surface area contributed by atoms with Crippen LogP contribution in [0.25, 0.3) is 0 Å². The van der Waals surface area contributed by atoms with Crippen molar-refractivity contribution in [2.45, 2.75) is 18.9 Å². The zero-order valence-electron chi connectivity index (χ0n) is 5.38. The van der Waals surface area contributed by atoms with Gasteiger partial charge in [0.25, 0.3) is 6.47 Å². The Morgan fingerprint density at radius 1 is 1.67 bits per heavy atom. The Bertz CT molecular complexity index is 88.9. The number of allylic oxidation sites excluding steroid dienone is 1. The molecule has 0 aromatic heterocycles. The van der Waals surface area contributed by atoms with Gasteiger partial charge in [0.2, 0.25) is 0 Å². The lowest BCUT2D eigenvalue weighted by Gasteiger charge is -2.05. The largest absolute Gasteiger partial charge is 0.465 e. The highest BCUT2D eigenvalue weighted by atomic mass is 16.5. The second-order valence-corrected chi connectivity index (χ2v) is 1.72. The van der Waals surface area contributed by atoms with E-state index in [9.17, 15) is 4.79 Å². The SMILES string of the molecule is [CH2][C@H](CCC=C)OC=O. The maximum atomic E-state index is 9.69. The molecule has 0 aliphatic heterocycles. The number of ether oxygens (including phenoxy) is 1. The summed E-state index contributed by atoms with van der Waals surface area (Å²) in [5, 5.41) is 0. The van der Waals surface area contributed by atoms with E-state index in [1.165, 1.54) is 0 Å². The first-order valence-corrected chi connectivity index (χ1v) is 2.84. The molecule has 2 nitrogen and oxygen atoms in total. The zero-order valence-corrected chi connectivity index (χ0v) is 5.38. The minimum Gasteiger partial charge on any atom is -0.465 e. The lowest BCUT2D eigenvalue weighted by atomic mass is 10.2. The van der Waals surface area contributed by atoms with E-state index in [4.69, 9.17) is 0 Å². The minimum atomic E-state index is -0.222. The van der Waals surface area contributed by atoms with Crippen molar-refractivity contribution in [2.75, 3.05) is 0 Å². The molecule has 1 atom stereocenters. The van der Waals surface area contributed by atoms with Crippen LogP contribution >= 0.6 is 0 Å². The molecule has 0 saturated heterocycles. The van der Waals surface area contributed by atoms with Gasteiger partial charge in [-0.05, 0) is 19.8 Å². The molecule has 51 valence electrons. The van der Waals surface area contributed by atoms with Crippen LogP contribution in [0, 0.1) is 6.92 Å². The third-order valence-corrected chi connectivity index (χ3v) is 0.941. The van der Waals surface area contributed by atoms with Crippen molar-refractivity contribution in [3.8, 4) is 0 Å². The molecule has 0 aromatic carbocycles. The Morgan fingerprint density at radius 2 is 2.33 bits per heavy atom. The average Bonchev–Trinajstić information content (AvgIpc) is 1.85. The highest BCUT2D eigenvalue weighted by Crippen LogP contribution is 1.98. The molecule has 0 aliphatic carbocycles. The Kier molecular flexibility index (Phi) is 4.88. The average molecular weight is 127 g/mol. The number of hydrogen-bond donors (Lipinski definition) is 0. The minimum absolute atomic E-state index is 0.222. The predicted octanol–water partition coefficient (Wildman–Crippen LogP) is 1.33. The molecule has 2 heteroatoms. The second-order valence-electron chi connectivity index (χ2n) is 1.72. The first-order chi connectivity index (χ1) is 4.31. The van der Waals surface area contributed by atoms with Gasteiger partial charge in [-0.3, -0.25) is 4.79 Å². The molecule has 0 aromatic rings. The Balaban J connectivity index is 3.14. The summed E-state index contributed by atoms with van der Waals surface area (Å²) in [6.07, 6.45) is 3.14. The molecule has 0 heterocycles. The summed E-state index contributed by atoms with van der Waals surface area (Å²) in [6.45, 7) is 7.50. The van der Waals surface area contributed by atoms with Gasteiger partial charge < -0.3 is 4.74 Å². The summed E-state index contributed by atoms with van der Waals surface area (Å²) in [5.41, 5.74) is 0. The highest BCUT2D eigenvalue weighted by molar-refractivity contribution is 5.37. The Hall–Kier alpha value is -0.790. The van der Waals surface area contributed by atoms with Gasteiger partial charge in [-0.15, -0.1) is 6.58 Å². The van der Waals surface area contributed by atoms with Crippen LogP contribution in [0.3, 0.4) is 0 Å².